The van der Waals surface area contributed by atoms with Gasteiger partial charge in [-0.2, -0.15) is 0 Å². The maximum absolute atomic E-state index is 11.8. The fraction of sp³-hybridized carbons (Fsp3) is 0.500. The summed E-state index contributed by atoms with van der Waals surface area (Å²) in [6.07, 6.45) is 1.89. The van der Waals surface area contributed by atoms with E-state index in [1.165, 1.54) is 5.56 Å². The molecule has 1 aromatic carbocycles. The van der Waals surface area contributed by atoms with Crippen LogP contribution < -0.4 is 5.32 Å². The van der Waals surface area contributed by atoms with Crippen LogP contribution in [0.25, 0.3) is 0 Å². The summed E-state index contributed by atoms with van der Waals surface area (Å²) < 4.78 is 1.07. The number of benzene rings is 1. The van der Waals surface area contributed by atoms with Crippen molar-refractivity contribution in [2.75, 3.05) is 26.7 Å². The Hall–Kier alpha value is -0.870. The van der Waals surface area contributed by atoms with Gasteiger partial charge in [-0.3, -0.25) is 4.79 Å². The smallest absolute Gasteiger partial charge is 0.251 e. The van der Waals surface area contributed by atoms with Crippen molar-refractivity contribution >= 4 is 21.8 Å². The largest absolute Gasteiger partial charge is 0.352 e. The third-order valence-corrected chi connectivity index (χ3v) is 4.19. The molecule has 1 N–H and O–H groups in total. The van der Waals surface area contributed by atoms with Crippen molar-refractivity contribution in [3.8, 4) is 0 Å². The highest BCUT2D eigenvalue weighted by Gasteiger charge is 2.19. The van der Waals surface area contributed by atoms with Gasteiger partial charge in [0, 0.05) is 23.1 Å². The van der Waals surface area contributed by atoms with Crippen LogP contribution in [0.2, 0.25) is 0 Å². The van der Waals surface area contributed by atoms with E-state index in [0.29, 0.717) is 0 Å². The minimum atomic E-state index is 0.0580. The Bertz CT molecular complexity index is 459. The lowest BCUT2D eigenvalue weighted by atomic mass is 9.97. The lowest BCUT2D eigenvalue weighted by Crippen LogP contribution is -2.32. The van der Waals surface area contributed by atoms with Crippen LogP contribution in [0.15, 0.2) is 16.6 Å². The first-order valence-corrected chi connectivity index (χ1v) is 7.19. The van der Waals surface area contributed by atoms with E-state index in [-0.39, 0.29) is 5.91 Å². The van der Waals surface area contributed by atoms with E-state index >= 15 is 0 Å². The fourth-order valence-corrected chi connectivity index (χ4v) is 2.87. The van der Waals surface area contributed by atoms with Crippen molar-refractivity contribution in [3.63, 3.8) is 0 Å². The molecule has 0 saturated heterocycles. The average Bonchev–Trinajstić information content (AvgIpc) is 2.37. The van der Waals surface area contributed by atoms with Crippen molar-refractivity contribution in [2.45, 2.75) is 19.8 Å². The van der Waals surface area contributed by atoms with E-state index in [1.54, 1.807) is 0 Å². The maximum Gasteiger partial charge on any atom is 0.251 e. The quantitative estimate of drug-likeness (QED) is 0.925. The molecule has 0 atom stereocenters. The molecule has 1 aliphatic heterocycles. The second kappa shape index (κ2) is 5.85. The second-order valence-electron chi connectivity index (χ2n) is 4.76. The zero-order chi connectivity index (χ0) is 13.1. The molecule has 0 saturated carbocycles. The van der Waals surface area contributed by atoms with Crippen LogP contribution >= 0.6 is 15.9 Å². The lowest BCUT2D eigenvalue weighted by molar-refractivity contribution is 0.0945. The number of carbonyl (C=O) groups is 1. The van der Waals surface area contributed by atoms with Crippen LogP contribution in [0.5, 0.6) is 0 Å². The van der Waals surface area contributed by atoms with Gasteiger partial charge < -0.3 is 10.2 Å². The molecule has 0 unspecified atom stereocenters. The molecular formula is C14H19BrN2O. The van der Waals surface area contributed by atoms with Crippen molar-refractivity contribution in [2.24, 2.45) is 0 Å². The summed E-state index contributed by atoms with van der Waals surface area (Å²) in [5.74, 6) is 0.0580. The van der Waals surface area contributed by atoms with Crippen LogP contribution in [0.1, 0.15) is 28.4 Å². The van der Waals surface area contributed by atoms with Gasteiger partial charge in [0.15, 0.2) is 0 Å². The van der Waals surface area contributed by atoms with E-state index < -0.39 is 0 Å². The molecule has 18 heavy (non-hydrogen) atoms. The minimum Gasteiger partial charge on any atom is -0.352 e. The Morgan fingerprint density at radius 1 is 1.44 bits per heavy atom. The highest BCUT2D eigenvalue weighted by atomic mass is 79.9. The fourth-order valence-electron chi connectivity index (χ4n) is 2.17. The number of nitrogens with zero attached hydrogens (tertiary/aromatic N) is 1. The number of nitrogens with one attached hydrogen (secondary N) is 1. The van der Waals surface area contributed by atoms with Crippen LogP contribution in [0.3, 0.4) is 0 Å². The average molecular weight is 311 g/mol. The number of fused-ring (bicyclic) bond motifs is 1. The number of hydrogen-bond acceptors (Lipinski definition) is 2. The van der Waals surface area contributed by atoms with Crippen LogP contribution in [0.4, 0.5) is 0 Å². The summed E-state index contributed by atoms with van der Waals surface area (Å²) in [5.41, 5.74) is 3.20. The molecule has 1 aromatic rings. The number of halogens is 1. The number of hydrogen-bond donors (Lipinski definition) is 1. The molecule has 0 radical (unpaired) electrons. The molecular weight excluding hydrogens is 292 g/mol. The predicted molar refractivity (Wildman–Crippen MR) is 77.1 cm³/mol. The Morgan fingerprint density at radius 2 is 2.22 bits per heavy atom. The first-order chi connectivity index (χ1) is 8.61. The third-order valence-electron chi connectivity index (χ3n) is 3.48. The van der Waals surface area contributed by atoms with E-state index in [0.717, 1.165) is 48.1 Å². The van der Waals surface area contributed by atoms with Gasteiger partial charge in [0.1, 0.15) is 0 Å². The Balaban J connectivity index is 2.21. The molecule has 1 amide bonds. The summed E-state index contributed by atoms with van der Waals surface area (Å²) in [5, 5.41) is 2.90. The van der Waals surface area contributed by atoms with Crippen LogP contribution in [-0.4, -0.2) is 37.5 Å². The summed E-state index contributed by atoms with van der Waals surface area (Å²) in [4.78, 5) is 14.1. The highest BCUT2D eigenvalue weighted by molar-refractivity contribution is 9.10. The van der Waals surface area contributed by atoms with E-state index in [4.69, 9.17) is 0 Å². The molecule has 4 heteroatoms. The number of carbonyl (C=O) groups excluding carboxylic acids is 1. The van der Waals surface area contributed by atoms with Crippen molar-refractivity contribution in [3.05, 3.63) is 33.3 Å². The molecule has 3 nitrogen and oxygen atoms in total. The summed E-state index contributed by atoms with van der Waals surface area (Å²) in [7, 11) is 2.11. The van der Waals surface area contributed by atoms with Gasteiger partial charge in [-0.1, -0.05) is 22.9 Å². The van der Waals surface area contributed by atoms with Crippen molar-refractivity contribution in [1.29, 1.82) is 0 Å². The summed E-state index contributed by atoms with van der Waals surface area (Å²) >= 11 is 3.59. The normalized spacial score (nSPS) is 14.6. The molecule has 2 rings (SSSR count). The number of likely N-dealkylation sites (N-methyl/N-ethyl adjacent to an activating group) is 1. The SMILES string of the molecule is CCN(C)CCc1cc(Br)c2c(c1)C(=O)NCC2. The van der Waals surface area contributed by atoms with Crippen molar-refractivity contribution < 1.29 is 4.79 Å². The monoisotopic (exact) mass is 310 g/mol. The Kier molecular flexibility index (Phi) is 4.40. The predicted octanol–water partition coefficient (Wildman–Crippen LogP) is 2.23. The Labute approximate surface area is 117 Å². The third kappa shape index (κ3) is 2.93. The van der Waals surface area contributed by atoms with Crippen LogP contribution in [0, 0.1) is 0 Å². The van der Waals surface area contributed by atoms with E-state index in [9.17, 15) is 4.79 Å². The van der Waals surface area contributed by atoms with Gasteiger partial charge in [-0.25, -0.2) is 0 Å². The molecule has 1 aliphatic rings. The first kappa shape index (κ1) is 13.6. The van der Waals surface area contributed by atoms with Gasteiger partial charge in [-0.05, 0) is 49.7 Å². The van der Waals surface area contributed by atoms with Crippen LogP contribution in [-0.2, 0) is 12.8 Å². The Morgan fingerprint density at radius 3 is 2.94 bits per heavy atom. The van der Waals surface area contributed by atoms with Gasteiger partial charge in [-0.15, -0.1) is 0 Å². The summed E-state index contributed by atoms with van der Waals surface area (Å²) in [6, 6.07) is 4.19. The van der Waals surface area contributed by atoms with Crippen molar-refractivity contribution in [1.82, 2.24) is 10.2 Å². The molecule has 0 aliphatic carbocycles. The lowest BCUT2D eigenvalue weighted by Gasteiger charge is -2.20. The summed E-state index contributed by atoms with van der Waals surface area (Å²) in [6.45, 7) is 4.95. The van der Waals surface area contributed by atoms with Gasteiger partial charge in [0.2, 0.25) is 0 Å². The molecule has 1 heterocycles. The zero-order valence-electron chi connectivity index (χ0n) is 10.9. The number of rotatable bonds is 4. The topological polar surface area (TPSA) is 32.3 Å². The van der Waals surface area contributed by atoms with Gasteiger partial charge in [0.25, 0.3) is 5.91 Å². The van der Waals surface area contributed by atoms with E-state index in [1.807, 2.05) is 6.07 Å². The van der Waals surface area contributed by atoms with E-state index in [2.05, 4.69) is 46.2 Å². The first-order valence-electron chi connectivity index (χ1n) is 6.40. The molecule has 98 valence electrons. The molecule has 0 aromatic heterocycles. The molecule has 0 bridgehead atoms. The maximum atomic E-state index is 11.8. The second-order valence-corrected chi connectivity index (χ2v) is 5.61. The van der Waals surface area contributed by atoms with Gasteiger partial charge >= 0.3 is 0 Å². The highest BCUT2D eigenvalue weighted by Crippen LogP contribution is 2.26. The minimum absolute atomic E-state index is 0.0580. The number of amides is 1. The molecule has 0 spiro atoms. The zero-order valence-corrected chi connectivity index (χ0v) is 12.5. The standard InChI is InChI=1S/C14H19BrN2O/c1-3-17(2)7-5-10-8-12-11(13(15)9-10)4-6-16-14(12)18/h8-9H,3-7H2,1-2H3,(H,16,18). The molecule has 0 fully saturated rings. The van der Waals surface area contributed by atoms with Gasteiger partial charge in [0.05, 0.1) is 0 Å².